The molecule has 1 aromatic rings. The molecule has 0 saturated heterocycles. The van der Waals surface area contributed by atoms with Crippen molar-refractivity contribution < 1.29 is 9.90 Å². The number of rotatable bonds is 5. The van der Waals surface area contributed by atoms with Gasteiger partial charge in [0.15, 0.2) is 0 Å². The summed E-state index contributed by atoms with van der Waals surface area (Å²) in [5.74, 6) is 0.530. The Bertz CT molecular complexity index is 376. The fourth-order valence-electron chi connectivity index (χ4n) is 1.75. The molecule has 1 fully saturated rings. The lowest BCUT2D eigenvalue weighted by atomic mass is 10.1. The summed E-state index contributed by atoms with van der Waals surface area (Å²) in [6.45, 7) is 0.132. The van der Waals surface area contributed by atoms with Gasteiger partial charge in [-0.25, -0.2) is 0 Å². The highest BCUT2D eigenvalue weighted by atomic mass is 79.9. The van der Waals surface area contributed by atoms with E-state index in [1.54, 1.807) is 0 Å². The number of aliphatic hydroxyl groups excluding tert-OH is 1. The van der Waals surface area contributed by atoms with Crippen LogP contribution in [0.25, 0.3) is 0 Å². The number of amides is 1. The first-order valence-corrected chi connectivity index (χ1v) is 7.04. The summed E-state index contributed by atoms with van der Waals surface area (Å²) in [5, 5.41) is 13.8. The van der Waals surface area contributed by atoms with Gasteiger partial charge in [0, 0.05) is 17.1 Å². The molecule has 1 aliphatic carbocycles. The van der Waals surface area contributed by atoms with E-state index < -0.39 is 0 Å². The van der Waals surface area contributed by atoms with Crippen LogP contribution in [0.1, 0.15) is 28.9 Å². The SMILES string of the molecule is O=C(NC(CCO)C1CC1)c1sccc1Br. The van der Waals surface area contributed by atoms with Crippen molar-refractivity contribution in [3.05, 3.63) is 20.8 Å². The molecule has 1 aliphatic rings. The minimum atomic E-state index is -0.0350. The smallest absolute Gasteiger partial charge is 0.262 e. The van der Waals surface area contributed by atoms with E-state index in [9.17, 15) is 4.79 Å². The Morgan fingerprint density at radius 1 is 1.69 bits per heavy atom. The third-order valence-corrected chi connectivity index (χ3v) is 4.61. The molecule has 1 unspecified atom stereocenters. The van der Waals surface area contributed by atoms with Crippen LogP contribution in [0, 0.1) is 5.92 Å². The molecule has 2 N–H and O–H groups in total. The van der Waals surface area contributed by atoms with E-state index >= 15 is 0 Å². The van der Waals surface area contributed by atoms with Crippen LogP contribution >= 0.6 is 27.3 Å². The number of hydrogen-bond acceptors (Lipinski definition) is 3. The van der Waals surface area contributed by atoms with Crippen LogP contribution in [0.15, 0.2) is 15.9 Å². The van der Waals surface area contributed by atoms with Crippen molar-refractivity contribution in [3.63, 3.8) is 0 Å². The zero-order chi connectivity index (χ0) is 11.5. The van der Waals surface area contributed by atoms with E-state index in [1.165, 1.54) is 11.3 Å². The summed E-state index contributed by atoms with van der Waals surface area (Å²) < 4.78 is 0.841. The third kappa shape index (κ3) is 2.84. The quantitative estimate of drug-likeness (QED) is 0.877. The molecule has 2 rings (SSSR count). The van der Waals surface area contributed by atoms with Gasteiger partial charge in [0.05, 0.1) is 0 Å². The maximum absolute atomic E-state index is 11.9. The molecule has 0 bridgehead atoms. The molecule has 1 amide bonds. The monoisotopic (exact) mass is 303 g/mol. The van der Waals surface area contributed by atoms with Crippen LogP contribution in [0.4, 0.5) is 0 Å². The minimum Gasteiger partial charge on any atom is -0.396 e. The van der Waals surface area contributed by atoms with Crippen LogP contribution in [-0.2, 0) is 0 Å². The van der Waals surface area contributed by atoms with Gasteiger partial charge in [-0.3, -0.25) is 4.79 Å². The van der Waals surface area contributed by atoms with Gasteiger partial charge in [0.2, 0.25) is 0 Å². The zero-order valence-electron chi connectivity index (χ0n) is 8.78. The second kappa shape index (κ2) is 5.29. The summed E-state index contributed by atoms with van der Waals surface area (Å²) in [5.41, 5.74) is 0. The predicted molar refractivity (Wildman–Crippen MR) is 67.7 cm³/mol. The van der Waals surface area contributed by atoms with Crippen molar-refractivity contribution >= 4 is 33.2 Å². The van der Waals surface area contributed by atoms with Crippen molar-refractivity contribution in [3.8, 4) is 0 Å². The molecule has 0 aromatic carbocycles. The van der Waals surface area contributed by atoms with Crippen LogP contribution in [0.3, 0.4) is 0 Å². The topological polar surface area (TPSA) is 49.3 Å². The summed E-state index contributed by atoms with van der Waals surface area (Å²) in [4.78, 5) is 12.6. The number of thiophene rings is 1. The van der Waals surface area contributed by atoms with Gasteiger partial charge in [-0.15, -0.1) is 11.3 Å². The first-order chi connectivity index (χ1) is 7.72. The van der Waals surface area contributed by atoms with Gasteiger partial charge in [0.1, 0.15) is 4.88 Å². The number of nitrogens with one attached hydrogen (secondary N) is 1. The third-order valence-electron chi connectivity index (χ3n) is 2.77. The fourth-order valence-corrected chi connectivity index (χ4v) is 3.21. The lowest BCUT2D eigenvalue weighted by Gasteiger charge is -2.16. The largest absolute Gasteiger partial charge is 0.396 e. The van der Waals surface area contributed by atoms with Crippen LogP contribution in [0.5, 0.6) is 0 Å². The highest BCUT2D eigenvalue weighted by Crippen LogP contribution is 2.34. The van der Waals surface area contributed by atoms with Crippen molar-refractivity contribution in [2.45, 2.75) is 25.3 Å². The molecule has 16 heavy (non-hydrogen) atoms. The van der Waals surface area contributed by atoms with Gasteiger partial charge in [-0.1, -0.05) is 0 Å². The fraction of sp³-hybridized carbons (Fsp3) is 0.545. The second-order valence-corrected chi connectivity index (χ2v) is 5.80. The molecule has 1 aromatic heterocycles. The average molecular weight is 304 g/mol. The van der Waals surface area contributed by atoms with Crippen LogP contribution in [-0.4, -0.2) is 23.7 Å². The molecule has 1 saturated carbocycles. The first kappa shape index (κ1) is 12.1. The Labute approximate surface area is 107 Å². The molecule has 5 heteroatoms. The van der Waals surface area contributed by atoms with Gasteiger partial charge < -0.3 is 10.4 Å². The van der Waals surface area contributed by atoms with Crippen molar-refractivity contribution in [1.82, 2.24) is 5.32 Å². The van der Waals surface area contributed by atoms with Gasteiger partial charge in [0.25, 0.3) is 5.91 Å². The molecule has 1 heterocycles. The Balaban J connectivity index is 1.97. The molecule has 0 radical (unpaired) electrons. The van der Waals surface area contributed by atoms with Crippen LogP contribution in [0.2, 0.25) is 0 Å². The van der Waals surface area contributed by atoms with E-state index in [1.807, 2.05) is 11.4 Å². The number of hydrogen-bond donors (Lipinski definition) is 2. The number of carbonyl (C=O) groups is 1. The maximum Gasteiger partial charge on any atom is 0.262 e. The Hall–Kier alpha value is -0.390. The van der Waals surface area contributed by atoms with Gasteiger partial charge in [-0.05, 0) is 52.6 Å². The zero-order valence-corrected chi connectivity index (χ0v) is 11.2. The lowest BCUT2D eigenvalue weighted by Crippen LogP contribution is -2.36. The van der Waals surface area contributed by atoms with E-state index in [2.05, 4.69) is 21.2 Å². The Morgan fingerprint density at radius 2 is 2.44 bits per heavy atom. The van der Waals surface area contributed by atoms with E-state index in [0.29, 0.717) is 17.2 Å². The standard InChI is InChI=1S/C11H14BrNO2S/c12-8-4-6-16-10(8)11(15)13-9(3-5-14)7-1-2-7/h4,6-7,9,14H,1-3,5H2,(H,13,15). The van der Waals surface area contributed by atoms with Crippen LogP contribution < -0.4 is 5.32 Å². The molecular formula is C11H14BrNO2S. The molecule has 0 spiro atoms. The van der Waals surface area contributed by atoms with E-state index in [4.69, 9.17) is 5.11 Å². The molecule has 3 nitrogen and oxygen atoms in total. The normalized spacial score (nSPS) is 17.1. The van der Waals surface area contributed by atoms with Crippen molar-refractivity contribution in [2.75, 3.05) is 6.61 Å². The summed E-state index contributed by atoms with van der Waals surface area (Å²) in [6, 6.07) is 2.00. The molecular weight excluding hydrogens is 290 g/mol. The molecule has 0 aliphatic heterocycles. The Morgan fingerprint density at radius 3 is 2.94 bits per heavy atom. The number of halogens is 1. The molecule has 88 valence electrons. The summed E-state index contributed by atoms with van der Waals surface area (Å²) in [6.07, 6.45) is 2.98. The first-order valence-electron chi connectivity index (χ1n) is 5.37. The lowest BCUT2D eigenvalue weighted by molar-refractivity contribution is 0.0927. The highest BCUT2D eigenvalue weighted by molar-refractivity contribution is 9.10. The van der Waals surface area contributed by atoms with Gasteiger partial charge >= 0.3 is 0 Å². The number of carbonyl (C=O) groups excluding carboxylic acids is 1. The maximum atomic E-state index is 11.9. The summed E-state index contributed by atoms with van der Waals surface area (Å²) >= 11 is 4.78. The van der Waals surface area contributed by atoms with E-state index in [0.717, 1.165) is 17.3 Å². The van der Waals surface area contributed by atoms with E-state index in [-0.39, 0.29) is 18.6 Å². The predicted octanol–water partition coefficient (Wildman–Crippen LogP) is 2.40. The van der Waals surface area contributed by atoms with Crippen molar-refractivity contribution in [2.24, 2.45) is 5.92 Å². The highest BCUT2D eigenvalue weighted by Gasteiger charge is 2.32. The number of aliphatic hydroxyl groups is 1. The Kier molecular flexibility index (Phi) is 4.00. The van der Waals surface area contributed by atoms with Crippen molar-refractivity contribution in [1.29, 1.82) is 0 Å². The summed E-state index contributed by atoms with van der Waals surface area (Å²) in [7, 11) is 0. The minimum absolute atomic E-state index is 0.0350. The molecule has 1 atom stereocenters. The average Bonchev–Trinajstić information content (AvgIpc) is 3.00. The van der Waals surface area contributed by atoms with Gasteiger partial charge in [-0.2, -0.15) is 0 Å². The second-order valence-electron chi connectivity index (χ2n) is 4.03.